The number of hydrogen-bond acceptors (Lipinski definition) is 4. The third-order valence-corrected chi connectivity index (χ3v) is 1.38. The van der Waals surface area contributed by atoms with Crippen LogP contribution in [0.5, 0.6) is 0 Å². The Kier molecular flexibility index (Phi) is 2.97. The molecular formula is C8H9N3O2. The molecule has 1 aromatic rings. The van der Waals surface area contributed by atoms with Crippen molar-refractivity contribution in [1.82, 2.24) is 0 Å². The van der Waals surface area contributed by atoms with Crippen LogP contribution in [0.4, 0.5) is 11.4 Å². The Bertz CT molecular complexity index is 336. The van der Waals surface area contributed by atoms with Crippen LogP contribution in [-0.2, 0) is 0 Å². The number of nitrogens with zero attached hydrogens (tertiary/aromatic N) is 2. The van der Waals surface area contributed by atoms with Crippen LogP contribution in [0.2, 0.25) is 0 Å². The van der Waals surface area contributed by atoms with Crippen LogP contribution in [0.1, 0.15) is 6.92 Å². The van der Waals surface area contributed by atoms with E-state index in [1.54, 1.807) is 25.3 Å². The van der Waals surface area contributed by atoms with Gasteiger partial charge in [-0.1, -0.05) is 6.07 Å². The number of hydrogen-bond donors (Lipinski definition) is 1. The van der Waals surface area contributed by atoms with Gasteiger partial charge < -0.3 is 0 Å². The quantitative estimate of drug-likeness (QED) is 0.438. The zero-order valence-electron chi connectivity index (χ0n) is 7.10. The lowest BCUT2D eigenvalue weighted by Crippen LogP contribution is -1.91. The second-order valence-electron chi connectivity index (χ2n) is 2.31. The molecule has 13 heavy (non-hydrogen) atoms. The molecule has 0 heterocycles. The number of non-ortho nitro benzene ring substituents is 1. The molecule has 1 N–H and O–H groups in total. The third-order valence-electron chi connectivity index (χ3n) is 1.38. The Hall–Kier alpha value is -1.91. The first-order chi connectivity index (χ1) is 6.24. The third kappa shape index (κ3) is 2.55. The van der Waals surface area contributed by atoms with E-state index < -0.39 is 4.92 Å². The first-order valence-corrected chi connectivity index (χ1v) is 3.72. The number of anilines is 1. The van der Waals surface area contributed by atoms with E-state index in [1.807, 2.05) is 0 Å². The van der Waals surface area contributed by atoms with E-state index in [2.05, 4.69) is 10.5 Å². The summed E-state index contributed by atoms with van der Waals surface area (Å²) >= 11 is 0. The lowest BCUT2D eigenvalue weighted by atomic mass is 10.3. The molecule has 0 amide bonds. The smallest absolute Gasteiger partial charge is 0.271 e. The van der Waals surface area contributed by atoms with Crippen molar-refractivity contribution in [2.75, 3.05) is 5.43 Å². The van der Waals surface area contributed by atoms with Gasteiger partial charge in [-0.3, -0.25) is 15.5 Å². The number of rotatable bonds is 3. The second kappa shape index (κ2) is 4.20. The fraction of sp³-hybridized carbons (Fsp3) is 0.125. The van der Waals surface area contributed by atoms with Crippen molar-refractivity contribution >= 4 is 17.6 Å². The molecule has 0 saturated heterocycles. The molecule has 0 aliphatic rings. The van der Waals surface area contributed by atoms with E-state index in [0.717, 1.165) is 0 Å². The number of nitro groups is 1. The highest BCUT2D eigenvalue weighted by atomic mass is 16.6. The van der Waals surface area contributed by atoms with Crippen molar-refractivity contribution in [3.05, 3.63) is 34.4 Å². The number of nitro benzene ring substituents is 1. The van der Waals surface area contributed by atoms with E-state index in [-0.39, 0.29) is 5.69 Å². The van der Waals surface area contributed by atoms with Gasteiger partial charge in [-0.25, -0.2) is 0 Å². The molecule has 1 rings (SSSR count). The normalized spacial score (nSPS) is 10.2. The van der Waals surface area contributed by atoms with Crippen molar-refractivity contribution in [3.63, 3.8) is 0 Å². The molecule has 5 nitrogen and oxygen atoms in total. The molecule has 0 aliphatic heterocycles. The summed E-state index contributed by atoms with van der Waals surface area (Å²) in [5.74, 6) is 0. The number of benzene rings is 1. The molecule has 0 radical (unpaired) electrons. The summed E-state index contributed by atoms with van der Waals surface area (Å²) in [6, 6.07) is 6.17. The topological polar surface area (TPSA) is 67.5 Å². The van der Waals surface area contributed by atoms with Gasteiger partial charge >= 0.3 is 0 Å². The van der Waals surface area contributed by atoms with Crippen LogP contribution >= 0.6 is 0 Å². The summed E-state index contributed by atoms with van der Waals surface area (Å²) in [5, 5.41) is 14.1. The van der Waals surface area contributed by atoms with E-state index in [0.29, 0.717) is 5.69 Å². The van der Waals surface area contributed by atoms with Crippen LogP contribution in [0.25, 0.3) is 0 Å². The molecule has 1 aromatic carbocycles. The van der Waals surface area contributed by atoms with Crippen molar-refractivity contribution in [2.45, 2.75) is 6.92 Å². The van der Waals surface area contributed by atoms with E-state index >= 15 is 0 Å². The van der Waals surface area contributed by atoms with Crippen molar-refractivity contribution in [3.8, 4) is 0 Å². The molecule has 0 spiro atoms. The van der Waals surface area contributed by atoms with Gasteiger partial charge in [0.1, 0.15) is 0 Å². The fourth-order valence-corrected chi connectivity index (χ4v) is 0.828. The van der Waals surface area contributed by atoms with Gasteiger partial charge in [0.2, 0.25) is 0 Å². The summed E-state index contributed by atoms with van der Waals surface area (Å²) in [5.41, 5.74) is 3.31. The Labute approximate surface area is 75.2 Å². The zero-order chi connectivity index (χ0) is 9.68. The molecule has 0 atom stereocenters. The average Bonchev–Trinajstić information content (AvgIpc) is 2.15. The summed E-state index contributed by atoms with van der Waals surface area (Å²) in [6.07, 6.45) is 1.57. The predicted molar refractivity (Wildman–Crippen MR) is 50.9 cm³/mol. The highest BCUT2D eigenvalue weighted by Gasteiger charge is 2.03. The molecule has 5 heteroatoms. The first kappa shape index (κ1) is 9.18. The standard InChI is InChI=1S/C8H9N3O2/c1-2-9-10-7-4-3-5-8(6-7)11(12)13/h2-6,10H,1H3/b9-2+. The Morgan fingerprint density at radius 3 is 3.00 bits per heavy atom. The number of hydrazone groups is 1. The van der Waals surface area contributed by atoms with Gasteiger partial charge in [0, 0.05) is 18.3 Å². The second-order valence-corrected chi connectivity index (χ2v) is 2.31. The number of nitrogens with one attached hydrogen (secondary N) is 1. The van der Waals surface area contributed by atoms with E-state index in [1.165, 1.54) is 12.1 Å². The minimum absolute atomic E-state index is 0.0521. The summed E-state index contributed by atoms with van der Waals surface area (Å²) in [4.78, 5) is 9.92. The molecule has 0 aliphatic carbocycles. The average molecular weight is 179 g/mol. The molecule has 68 valence electrons. The minimum Gasteiger partial charge on any atom is -0.279 e. The SMILES string of the molecule is C/C=N/Nc1cccc([N+](=O)[O-])c1. The summed E-state index contributed by atoms with van der Waals surface area (Å²) in [6.45, 7) is 1.75. The van der Waals surface area contributed by atoms with Crippen LogP contribution in [-0.4, -0.2) is 11.1 Å². The molecule has 0 unspecified atom stereocenters. The van der Waals surface area contributed by atoms with Gasteiger partial charge in [-0.15, -0.1) is 0 Å². The van der Waals surface area contributed by atoms with E-state index in [9.17, 15) is 10.1 Å². The van der Waals surface area contributed by atoms with Crippen LogP contribution in [0, 0.1) is 10.1 Å². The molecule has 0 aromatic heterocycles. The van der Waals surface area contributed by atoms with E-state index in [4.69, 9.17) is 0 Å². The summed E-state index contributed by atoms with van der Waals surface area (Å²) in [7, 11) is 0. The first-order valence-electron chi connectivity index (χ1n) is 3.72. The minimum atomic E-state index is -0.444. The van der Waals surface area contributed by atoms with Gasteiger partial charge in [-0.05, 0) is 13.0 Å². The Balaban J connectivity index is 2.85. The van der Waals surface area contributed by atoms with Crippen LogP contribution < -0.4 is 5.43 Å². The Morgan fingerprint density at radius 1 is 1.62 bits per heavy atom. The zero-order valence-corrected chi connectivity index (χ0v) is 7.10. The monoisotopic (exact) mass is 179 g/mol. The summed E-state index contributed by atoms with van der Waals surface area (Å²) < 4.78 is 0. The van der Waals surface area contributed by atoms with Gasteiger partial charge in [0.15, 0.2) is 0 Å². The lowest BCUT2D eigenvalue weighted by Gasteiger charge is -1.98. The van der Waals surface area contributed by atoms with Gasteiger partial charge in [-0.2, -0.15) is 5.10 Å². The molecule has 0 fully saturated rings. The van der Waals surface area contributed by atoms with Crippen molar-refractivity contribution in [1.29, 1.82) is 0 Å². The maximum Gasteiger partial charge on any atom is 0.271 e. The largest absolute Gasteiger partial charge is 0.279 e. The highest BCUT2D eigenvalue weighted by Crippen LogP contribution is 2.16. The predicted octanol–water partition coefficient (Wildman–Crippen LogP) is 2.01. The maximum absolute atomic E-state index is 10.4. The van der Waals surface area contributed by atoms with Crippen molar-refractivity contribution in [2.24, 2.45) is 5.10 Å². The Morgan fingerprint density at radius 2 is 2.38 bits per heavy atom. The van der Waals surface area contributed by atoms with Crippen LogP contribution in [0.3, 0.4) is 0 Å². The van der Waals surface area contributed by atoms with Crippen LogP contribution in [0.15, 0.2) is 29.4 Å². The maximum atomic E-state index is 10.4. The highest BCUT2D eigenvalue weighted by molar-refractivity contribution is 5.57. The lowest BCUT2D eigenvalue weighted by molar-refractivity contribution is -0.384. The van der Waals surface area contributed by atoms with Gasteiger partial charge in [0.05, 0.1) is 10.6 Å². The van der Waals surface area contributed by atoms with Gasteiger partial charge in [0.25, 0.3) is 5.69 Å². The molecule has 0 saturated carbocycles. The molecule has 0 bridgehead atoms. The fourth-order valence-electron chi connectivity index (χ4n) is 0.828. The van der Waals surface area contributed by atoms with Crippen molar-refractivity contribution < 1.29 is 4.92 Å². The molecular weight excluding hydrogens is 170 g/mol.